The quantitative estimate of drug-likeness (QED) is 0.495. The second kappa shape index (κ2) is 7.73. The highest BCUT2D eigenvalue weighted by molar-refractivity contribution is 6.30. The minimum Gasteiger partial charge on any atom is -0.457 e. The van der Waals surface area contributed by atoms with Crippen LogP contribution >= 0.6 is 11.6 Å². The number of amides is 1. The third-order valence-electron chi connectivity index (χ3n) is 3.78. The number of nitriles is 1. The number of benzene rings is 2. The molecule has 2 aromatic carbocycles. The van der Waals surface area contributed by atoms with Gasteiger partial charge < -0.3 is 9.73 Å². The molecule has 0 aliphatic carbocycles. The van der Waals surface area contributed by atoms with E-state index in [0.29, 0.717) is 22.2 Å². The highest BCUT2D eigenvalue weighted by Gasteiger charge is 2.12. The number of para-hydroxylation sites is 1. The first kappa shape index (κ1) is 17.5. The Morgan fingerprint density at radius 3 is 2.69 bits per heavy atom. The van der Waals surface area contributed by atoms with Gasteiger partial charge in [0.15, 0.2) is 0 Å². The summed E-state index contributed by atoms with van der Waals surface area (Å²) < 4.78 is 5.71. The second-order valence-electron chi connectivity index (χ2n) is 5.65. The Morgan fingerprint density at radius 1 is 1.15 bits per heavy atom. The van der Waals surface area contributed by atoms with E-state index in [4.69, 9.17) is 16.0 Å². The van der Waals surface area contributed by atoms with Crippen molar-refractivity contribution in [1.29, 1.82) is 5.26 Å². The molecule has 1 heterocycles. The summed E-state index contributed by atoms with van der Waals surface area (Å²) in [5.41, 5.74) is 2.36. The Hall–Kier alpha value is -3.29. The molecule has 0 radical (unpaired) electrons. The van der Waals surface area contributed by atoms with Gasteiger partial charge in [0.2, 0.25) is 0 Å². The Kier molecular flexibility index (Phi) is 5.21. The Morgan fingerprint density at radius 2 is 1.96 bits per heavy atom. The van der Waals surface area contributed by atoms with E-state index in [-0.39, 0.29) is 5.57 Å². The summed E-state index contributed by atoms with van der Waals surface area (Å²) in [7, 11) is 0. The smallest absolute Gasteiger partial charge is 0.266 e. The third-order valence-corrected chi connectivity index (χ3v) is 4.02. The van der Waals surface area contributed by atoms with E-state index in [9.17, 15) is 10.1 Å². The van der Waals surface area contributed by atoms with Crippen LogP contribution in [0, 0.1) is 18.3 Å². The van der Waals surface area contributed by atoms with Gasteiger partial charge in [0.25, 0.3) is 5.91 Å². The molecule has 1 aromatic heterocycles. The van der Waals surface area contributed by atoms with Gasteiger partial charge in [0.1, 0.15) is 23.2 Å². The lowest BCUT2D eigenvalue weighted by Gasteiger charge is -2.06. The maximum Gasteiger partial charge on any atom is 0.266 e. The largest absolute Gasteiger partial charge is 0.457 e. The van der Waals surface area contributed by atoms with Gasteiger partial charge in [-0.25, -0.2) is 0 Å². The van der Waals surface area contributed by atoms with E-state index < -0.39 is 5.91 Å². The van der Waals surface area contributed by atoms with Gasteiger partial charge in [0.05, 0.1) is 0 Å². The van der Waals surface area contributed by atoms with Crippen molar-refractivity contribution >= 4 is 29.3 Å². The molecule has 0 fully saturated rings. The number of furan rings is 1. The molecule has 4 nitrogen and oxygen atoms in total. The standard InChI is InChI=1S/C21H15ClN2O2/c1-14-5-2-3-8-19(14)24-21(25)16(13-23)12-18-9-10-20(26-18)15-6-4-7-17(22)11-15/h2-12H,1H3,(H,24,25)/b16-12-. The predicted octanol–water partition coefficient (Wildman–Crippen LogP) is 5.45. The molecule has 0 saturated heterocycles. The SMILES string of the molecule is Cc1ccccc1NC(=O)/C(C#N)=C\c1ccc(-c2cccc(Cl)c2)o1. The van der Waals surface area contributed by atoms with Crippen molar-refractivity contribution in [3.63, 3.8) is 0 Å². The number of hydrogen-bond donors (Lipinski definition) is 1. The number of nitrogens with zero attached hydrogens (tertiary/aromatic N) is 1. The predicted molar refractivity (Wildman–Crippen MR) is 103 cm³/mol. The van der Waals surface area contributed by atoms with Crippen LogP contribution < -0.4 is 5.32 Å². The first-order valence-corrected chi connectivity index (χ1v) is 8.29. The summed E-state index contributed by atoms with van der Waals surface area (Å²) in [5.74, 6) is 0.536. The fraction of sp³-hybridized carbons (Fsp3) is 0.0476. The van der Waals surface area contributed by atoms with Gasteiger partial charge in [-0.15, -0.1) is 0 Å². The molecule has 0 atom stereocenters. The Labute approximate surface area is 156 Å². The summed E-state index contributed by atoms with van der Waals surface area (Å²) in [4.78, 5) is 12.4. The van der Waals surface area contributed by atoms with Crippen LogP contribution in [0.2, 0.25) is 5.02 Å². The van der Waals surface area contributed by atoms with Gasteiger partial charge in [-0.3, -0.25) is 4.79 Å². The molecule has 0 unspecified atom stereocenters. The molecule has 0 bridgehead atoms. The minimum absolute atomic E-state index is 0.0414. The van der Waals surface area contributed by atoms with Crippen molar-refractivity contribution in [2.24, 2.45) is 0 Å². The summed E-state index contributed by atoms with van der Waals surface area (Å²) in [6.07, 6.45) is 1.42. The van der Waals surface area contributed by atoms with Crippen LogP contribution in [0.4, 0.5) is 5.69 Å². The molecule has 1 amide bonds. The van der Waals surface area contributed by atoms with E-state index in [1.807, 2.05) is 43.3 Å². The van der Waals surface area contributed by atoms with Crippen LogP contribution in [0.3, 0.4) is 0 Å². The highest BCUT2D eigenvalue weighted by atomic mass is 35.5. The summed E-state index contributed by atoms with van der Waals surface area (Å²) in [6.45, 7) is 1.88. The maximum absolute atomic E-state index is 12.4. The molecule has 0 aliphatic rings. The van der Waals surface area contributed by atoms with Gasteiger partial charge in [0, 0.05) is 22.3 Å². The number of carbonyl (C=O) groups is 1. The highest BCUT2D eigenvalue weighted by Crippen LogP contribution is 2.26. The average molecular weight is 363 g/mol. The molecular weight excluding hydrogens is 348 g/mol. The first-order chi connectivity index (χ1) is 12.6. The van der Waals surface area contributed by atoms with E-state index in [0.717, 1.165) is 11.1 Å². The van der Waals surface area contributed by atoms with E-state index >= 15 is 0 Å². The fourth-order valence-electron chi connectivity index (χ4n) is 2.42. The van der Waals surface area contributed by atoms with Gasteiger partial charge in [-0.05, 0) is 42.8 Å². The third kappa shape index (κ3) is 4.02. The number of hydrogen-bond acceptors (Lipinski definition) is 3. The number of carbonyl (C=O) groups excluding carboxylic acids is 1. The van der Waals surface area contributed by atoms with Gasteiger partial charge >= 0.3 is 0 Å². The number of rotatable bonds is 4. The topological polar surface area (TPSA) is 66.0 Å². The second-order valence-corrected chi connectivity index (χ2v) is 6.09. The zero-order valence-corrected chi connectivity index (χ0v) is 14.7. The van der Waals surface area contributed by atoms with E-state index in [2.05, 4.69) is 5.32 Å². The Bertz CT molecular complexity index is 1030. The number of halogens is 1. The van der Waals surface area contributed by atoms with Crippen molar-refractivity contribution in [3.05, 3.63) is 82.6 Å². The lowest BCUT2D eigenvalue weighted by atomic mass is 10.1. The number of aryl methyl sites for hydroxylation is 1. The van der Waals surface area contributed by atoms with Crippen LogP contribution in [0.1, 0.15) is 11.3 Å². The molecule has 3 aromatic rings. The van der Waals surface area contributed by atoms with Crippen molar-refractivity contribution in [3.8, 4) is 17.4 Å². The molecule has 0 aliphatic heterocycles. The molecule has 0 spiro atoms. The number of anilines is 1. The van der Waals surface area contributed by atoms with Crippen LogP contribution in [-0.4, -0.2) is 5.91 Å². The molecule has 3 rings (SSSR count). The van der Waals surface area contributed by atoms with Crippen molar-refractivity contribution in [2.75, 3.05) is 5.32 Å². The fourth-order valence-corrected chi connectivity index (χ4v) is 2.61. The van der Waals surface area contributed by atoms with Crippen molar-refractivity contribution in [2.45, 2.75) is 6.92 Å². The Balaban J connectivity index is 1.82. The minimum atomic E-state index is -0.484. The summed E-state index contributed by atoms with van der Waals surface area (Å²) in [6, 6.07) is 20.0. The molecule has 128 valence electrons. The van der Waals surface area contributed by atoms with Gasteiger partial charge in [-0.1, -0.05) is 41.9 Å². The molecular formula is C21H15ClN2O2. The van der Waals surface area contributed by atoms with Crippen LogP contribution in [-0.2, 0) is 4.79 Å². The molecule has 5 heteroatoms. The van der Waals surface area contributed by atoms with Crippen molar-refractivity contribution in [1.82, 2.24) is 0 Å². The molecule has 1 N–H and O–H groups in total. The van der Waals surface area contributed by atoms with Gasteiger partial charge in [-0.2, -0.15) is 5.26 Å². The monoisotopic (exact) mass is 362 g/mol. The molecule has 0 saturated carbocycles. The average Bonchev–Trinajstić information content (AvgIpc) is 3.10. The maximum atomic E-state index is 12.4. The van der Waals surface area contributed by atoms with Crippen LogP contribution in [0.25, 0.3) is 17.4 Å². The van der Waals surface area contributed by atoms with E-state index in [1.165, 1.54) is 6.08 Å². The van der Waals surface area contributed by atoms with E-state index in [1.54, 1.807) is 30.3 Å². The first-order valence-electron chi connectivity index (χ1n) is 7.91. The zero-order chi connectivity index (χ0) is 18.5. The lowest BCUT2D eigenvalue weighted by molar-refractivity contribution is -0.112. The molecule has 26 heavy (non-hydrogen) atoms. The van der Waals surface area contributed by atoms with Crippen molar-refractivity contribution < 1.29 is 9.21 Å². The summed E-state index contributed by atoms with van der Waals surface area (Å²) in [5, 5.41) is 12.7. The number of nitrogens with one attached hydrogen (secondary N) is 1. The zero-order valence-electron chi connectivity index (χ0n) is 14.0. The van der Waals surface area contributed by atoms with Crippen LogP contribution in [0.5, 0.6) is 0 Å². The normalized spacial score (nSPS) is 11.0. The van der Waals surface area contributed by atoms with Crippen LogP contribution in [0.15, 0.2) is 70.7 Å². The summed E-state index contributed by atoms with van der Waals surface area (Å²) >= 11 is 5.99. The lowest BCUT2D eigenvalue weighted by Crippen LogP contribution is -2.14.